The average molecular weight is 302 g/mol. The minimum Gasteiger partial charge on any atom is -0.357 e. The van der Waals surface area contributed by atoms with Crippen LogP contribution in [-0.2, 0) is 7.05 Å². The van der Waals surface area contributed by atoms with E-state index in [2.05, 4.69) is 16.9 Å². The smallest absolute Gasteiger partial charge is 0.274 e. The van der Waals surface area contributed by atoms with Gasteiger partial charge in [-0.15, -0.1) is 0 Å². The Kier molecular flexibility index (Phi) is 3.78. The van der Waals surface area contributed by atoms with Crippen LogP contribution in [0.2, 0.25) is 0 Å². The van der Waals surface area contributed by atoms with E-state index in [9.17, 15) is 9.59 Å². The first-order valence-electron chi connectivity index (χ1n) is 7.61. The number of H-pyrrole nitrogens is 1. The minimum atomic E-state index is -0.113. The average Bonchev–Trinajstić information content (AvgIpc) is 3.00. The van der Waals surface area contributed by atoms with Crippen LogP contribution in [0.4, 0.5) is 0 Å². The second-order valence-corrected chi connectivity index (χ2v) is 6.18. The summed E-state index contributed by atoms with van der Waals surface area (Å²) < 4.78 is 1.47. The number of hydrogen-bond donors (Lipinski definition) is 1. The number of rotatable bonds is 2. The molecule has 1 aliphatic rings. The molecule has 0 unspecified atom stereocenters. The van der Waals surface area contributed by atoms with E-state index in [1.165, 1.54) is 4.57 Å². The van der Waals surface area contributed by atoms with Gasteiger partial charge < -0.3 is 19.4 Å². The summed E-state index contributed by atoms with van der Waals surface area (Å²) in [6, 6.07) is 2.06. The summed E-state index contributed by atoms with van der Waals surface area (Å²) >= 11 is 0. The highest BCUT2D eigenvalue weighted by Gasteiger charge is 2.26. The first-order chi connectivity index (χ1) is 10.5. The van der Waals surface area contributed by atoms with E-state index in [0.29, 0.717) is 16.5 Å². The molecule has 0 aliphatic carbocycles. The van der Waals surface area contributed by atoms with E-state index in [0.717, 1.165) is 25.9 Å². The van der Waals surface area contributed by atoms with Crippen LogP contribution in [0.25, 0.3) is 10.9 Å². The standard InChI is InChI=1S/C16H22N4O2/c1-18-8-5-11(6-9-18)20(3)15(21)13-10-19(2)16(22)14-12(13)4-7-17-14/h4,7,10-11,17H,5-6,8-9H2,1-3H3. The van der Waals surface area contributed by atoms with E-state index in [1.807, 2.05) is 11.9 Å². The van der Waals surface area contributed by atoms with Crippen LogP contribution in [0, 0.1) is 0 Å². The quantitative estimate of drug-likeness (QED) is 0.901. The Morgan fingerprint density at radius 3 is 2.68 bits per heavy atom. The number of piperidine rings is 1. The fraction of sp³-hybridized carbons (Fsp3) is 0.500. The van der Waals surface area contributed by atoms with Crippen LogP contribution in [-0.4, -0.2) is 58.5 Å². The summed E-state index contributed by atoms with van der Waals surface area (Å²) in [5.74, 6) is -0.0187. The molecule has 0 bridgehead atoms. The Bertz CT molecular complexity index is 753. The van der Waals surface area contributed by atoms with Crippen molar-refractivity contribution in [2.75, 3.05) is 27.2 Å². The lowest BCUT2D eigenvalue weighted by Gasteiger charge is -2.35. The lowest BCUT2D eigenvalue weighted by Crippen LogP contribution is -2.44. The molecule has 0 saturated carbocycles. The van der Waals surface area contributed by atoms with Crippen molar-refractivity contribution in [1.29, 1.82) is 0 Å². The number of aryl methyl sites for hydroxylation is 1. The first-order valence-corrected chi connectivity index (χ1v) is 7.61. The third-order valence-corrected chi connectivity index (χ3v) is 4.68. The molecule has 0 radical (unpaired) electrons. The molecule has 3 heterocycles. The highest BCUT2D eigenvalue weighted by molar-refractivity contribution is 6.05. The zero-order valence-corrected chi connectivity index (χ0v) is 13.3. The fourth-order valence-corrected chi connectivity index (χ4v) is 3.18. The molecule has 2 aromatic heterocycles. The number of carbonyl (C=O) groups is 1. The molecule has 118 valence electrons. The van der Waals surface area contributed by atoms with E-state index < -0.39 is 0 Å². The van der Waals surface area contributed by atoms with Gasteiger partial charge >= 0.3 is 0 Å². The molecule has 22 heavy (non-hydrogen) atoms. The molecule has 1 saturated heterocycles. The van der Waals surface area contributed by atoms with Gasteiger partial charge in [0.25, 0.3) is 11.5 Å². The molecule has 1 N–H and O–H groups in total. The summed E-state index contributed by atoms with van der Waals surface area (Å²) in [7, 11) is 5.64. The lowest BCUT2D eigenvalue weighted by atomic mass is 10.0. The van der Waals surface area contributed by atoms with Crippen LogP contribution in [0.3, 0.4) is 0 Å². The van der Waals surface area contributed by atoms with Gasteiger partial charge in [-0.25, -0.2) is 0 Å². The van der Waals surface area contributed by atoms with Gasteiger partial charge in [-0.05, 0) is 39.0 Å². The van der Waals surface area contributed by atoms with Crippen LogP contribution in [0.1, 0.15) is 23.2 Å². The molecule has 6 heteroatoms. The van der Waals surface area contributed by atoms with Gasteiger partial charge in [0.15, 0.2) is 0 Å². The number of amides is 1. The summed E-state index contributed by atoms with van der Waals surface area (Å²) in [5, 5.41) is 0.702. The predicted molar refractivity (Wildman–Crippen MR) is 86.2 cm³/mol. The number of fused-ring (bicyclic) bond motifs is 1. The van der Waals surface area contributed by atoms with Gasteiger partial charge in [0.1, 0.15) is 5.52 Å². The monoisotopic (exact) mass is 302 g/mol. The molecule has 0 spiro atoms. The van der Waals surface area contributed by atoms with Gasteiger partial charge in [0.05, 0.1) is 5.56 Å². The van der Waals surface area contributed by atoms with Crippen molar-refractivity contribution in [1.82, 2.24) is 19.4 Å². The largest absolute Gasteiger partial charge is 0.357 e. The van der Waals surface area contributed by atoms with Crippen molar-refractivity contribution in [3.05, 3.63) is 34.4 Å². The molecular weight excluding hydrogens is 280 g/mol. The zero-order chi connectivity index (χ0) is 15.9. The van der Waals surface area contributed by atoms with Crippen LogP contribution in [0.5, 0.6) is 0 Å². The second-order valence-electron chi connectivity index (χ2n) is 6.18. The van der Waals surface area contributed by atoms with Gasteiger partial charge in [-0.1, -0.05) is 0 Å². The normalized spacial score (nSPS) is 17.0. The number of nitrogens with one attached hydrogen (secondary N) is 1. The second kappa shape index (κ2) is 5.61. The number of aromatic amines is 1. The molecule has 6 nitrogen and oxygen atoms in total. The number of nitrogens with zero attached hydrogens (tertiary/aromatic N) is 3. The van der Waals surface area contributed by atoms with Gasteiger partial charge in [0, 0.05) is 37.9 Å². The maximum Gasteiger partial charge on any atom is 0.274 e. The third-order valence-electron chi connectivity index (χ3n) is 4.68. The molecule has 0 aromatic carbocycles. The SMILES string of the molecule is CN1CCC(N(C)C(=O)c2cn(C)c(=O)c3[nH]ccc23)CC1. The van der Waals surface area contributed by atoms with E-state index >= 15 is 0 Å². The lowest BCUT2D eigenvalue weighted by molar-refractivity contribution is 0.0661. The maximum absolute atomic E-state index is 12.9. The summed E-state index contributed by atoms with van der Waals surface area (Å²) in [5.41, 5.74) is 0.961. The Labute approximate surface area is 129 Å². The van der Waals surface area contributed by atoms with Gasteiger partial charge in [-0.2, -0.15) is 0 Å². The number of hydrogen-bond acceptors (Lipinski definition) is 3. The third kappa shape index (κ3) is 2.43. The molecule has 2 aromatic rings. The van der Waals surface area contributed by atoms with Crippen molar-refractivity contribution >= 4 is 16.8 Å². The summed E-state index contributed by atoms with van der Waals surface area (Å²) in [4.78, 5) is 32.0. The number of aromatic nitrogens is 2. The van der Waals surface area contributed by atoms with Crippen molar-refractivity contribution in [3.63, 3.8) is 0 Å². The zero-order valence-electron chi connectivity index (χ0n) is 13.3. The maximum atomic E-state index is 12.9. The first kappa shape index (κ1) is 14.8. The molecule has 1 amide bonds. The van der Waals surface area contributed by atoms with Gasteiger partial charge in [-0.3, -0.25) is 9.59 Å². The van der Waals surface area contributed by atoms with E-state index in [4.69, 9.17) is 0 Å². The predicted octanol–water partition coefficient (Wildman–Crippen LogP) is 1.03. The fourth-order valence-electron chi connectivity index (χ4n) is 3.18. The topological polar surface area (TPSA) is 61.3 Å². The number of pyridine rings is 1. The Morgan fingerprint density at radius 1 is 1.32 bits per heavy atom. The van der Waals surface area contributed by atoms with Crippen LogP contribution < -0.4 is 5.56 Å². The highest BCUT2D eigenvalue weighted by atomic mass is 16.2. The van der Waals surface area contributed by atoms with Crippen molar-refractivity contribution in [2.24, 2.45) is 7.05 Å². The van der Waals surface area contributed by atoms with Gasteiger partial charge in [0.2, 0.25) is 0 Å². The van der Waals surface area contributed by atoms with E-state index in [1.54, 1.807) is 25.5 Å². The van der Waals surface area contributed by atoms with E-state index in [-0.39, 0.29) is 17.5 Å². The molecule has 0 atom stereocenters. The summed E-state index contributed by atoms with van der Waals surface area (Å²) in [6.07, 6.45) is 5.33. The Morgan fingerprint density at radius 2 is 2.00 bits per heavy atom. The molecule has 1 fully saturated rings. The molecule has 3 rings (SSSR count). The van der Waals surface area contributed by atoms with Crippen molar-refractivity contribution in [2.45, 2.75) is 18.9 Å². The highest BCUT2D eigenvalue weighted by Crippen LogP contribution is 2.20. The minimum absolute atomic E-state index is 0.0187. The molecular formula is C16H22N4O2. The van der Waals surface area contributed by atoms with Crippen molar-refractivity contribution < 1.29 is 4.79 Å². The van der Waals surface area contributed by atoms with Crippen molar-refractivity contribution in [3.8, 4) is 0 Å². The van der Waals surface area contributed by atoms with Crippen LogP contribution >= 0.6 is 0 Å². The molecule has 1 aliphatic heterocycles. The number of likely N-dealkylation sites (tertiary alicyclic amines) is 1. The van der Waals surface area contributed by atoms with Crippen LogP contribution in [0.15, 0.2) is 23.3 Å². The Balaban J connectivity index is 1.94. The Hall–Kier alpha value is -2.08. The number of carbonyl (C=O) groups excluding carboxylic acids is 1. The summed E-state index contributed by atoms with van der Waals surface area (Å²) in [6.45, 7) is 2.02.